The van der Waals surface area contributed by atoms with E-state index in [-0.39, 0.29) is 13.2 Å². The normalized spacial score (nSPS) is 11.4. The number of fused-ring (bicyclic) bond motifs is 1. The first-order chi connectivity index (χ1) is 17.8. The molecule has 0 spiro atoms. The van der Waals surface area contributed by atoms with Crippen molar-refractivity contribution in [3.05, 3.63) is 60.6 Å². The molecule has 4 rings (SSSR count). The molecule has 2 aromatic heterocycles. The maximum atomic E-state index is 12.0. The van der Waals surface area contributed by atoms with Gasteiger partial charge in [-0.25, -0.2) is 14.8 Å². The van der Waals surface area contributed by atoms with Crippen LogP contribution in [0, 0.1) is 12.3 Å². The summed E-state index contributed by atoms with van der Waals surface area (Å²) < 4.78 is 7.59. The average Bonchev–Trinajstić information content (AvgIpc) is 3.32. The summed E-state index contributed by atoms with van der Waals surface area (Å²) in [7, 11) is 1.83. The van der Waals surface area contributed by atoms with Crippen LogP contribution < -0.4 is 20.7 Å². The lowest BCUT2D eigenvalue weighted by molar-refractivity contribution is -0.122. The van der Waals surface area contributed by atoms with Crippen LogP contribution in [0.3, 0.4) is 0 Å². The number of nitrogens with one attached hydrogen (secondary N) is 3. The summed E-state index contributed by atoms with van der Waals surface area (Å²) in [5.74, 6) is 3.11. The maximum absolute atomic E-state index is 12.0. The molecule has 2 aromatic carbocycles. The molecule has 0 bridgehead atoms. The third-order valence-electron chi connectivity index (χ3n) is 5.35. The molecule has 0 saturated heterocycles. The van der Waals surface area contributed by atoms with Gasteiger partial charge in [-0.05, 0) is 42.8 Å². The number of terminal acetylenes is 1. The molecule has 37 heavy (non-hydrogen) atoms. The molecular weight excluding hydrogens is 474 g/mol. The lowest BCUT2D eigenvalue weighted by atomic mass is 10.1. The zero-order valence-electron chi connectivity index (χ0n) is 20.2. The number of rotatable bonds is 9. The number of aryl methyl sites for hydroxylation is 1. The number of carbonyl (C=O) groups excluding carboxylic acids is 1. The minimum atomic E-state index is -1.26. The van der Waals surface area contributed by atoms with E-state index in [4.69, 9.17) is 16.3 Å². The first-order valence-electron chi connectivity index (χ1n) is 11.4. The van der Waals surface area contributed by atoms with Crippen molar-refractivity contribution >= 4 is 34.5 Å². The third kappa shape index (κ3) is 6.52. The second-order valence-electron chi connectivity index (χ2n) is 8.20. The smallest absolute Gasteiger partial charge is 0.405 e. The van der Waals surface area contributed by atoms with Gasteiger partial charge in [0.05, 0.1) is 18.3 Å². The molecule has 1 unspecified atom stereocenters. The monoisotopic (exact) mass is 499 g/mol. The Morgan fingerprint density at radius 3 is 2.76 bits per heavy atom. The van der Waals surface area contributed by atoms with Gasteiger partial charge >= 0.3 is 6.09 Å². The summed E-state index contributed by atoms with van der Waals surface area (Å²) in [6, 6.07) is 10.2. The highest BCUT2D eigenvalue weighted by molar-refractivity contribution is 5.84. The molecule has 2 amide bonds. The highest BCUT2D eigenvalue weighted by Gasteiger charge is 2.14. The zero-order chi connectivity index (χ0) is 26.4. The maximum Gasteiger partial charge on any atom is 0.405 e. The lowest BCUT2D eigenvalue weighted by Crippen LogP contribution is -2.45. The van der Waals surface area contributed by atoms with E-state index >= 15 is 0 Å². The van der Waals surface area contributed by atoms with Crippen LogP contribution in [0.5, 0.6) is 5.75 Å². The van der Waals surface area contributed by atoms with E-state index in [2.05, 4.69) is 36.9 Å². The Kier molecular flexibility index (Phi) is 7.49. The quantitative estimate of drug-likeness (QED) is 0.203. The molecule has 4 N–H and O–H groups in total. The summed E-state index contributed by atoms with van der Waals surface area (Å²) in [4.78, 5) is 31.6. The minimum Gasteiger partial charge on any atom is -0.492 e. The van der Waals surface area contributed by atoms with Crippen molar-refractivity contribution in [2.24, 2.45) is 7.05 Å². The summed E-state index contributed by atoms with van der Waals surface area (Å²) in [6.07, 6.45) is 9.54. The van der Waals surface area contributed by atoms with E-state index in [0.717, 1.165) is 27.6 Å². The largest absolute Gasteiger partial charge is 0.492 e. The standard InChI is InChI=1S/C26H25N7O4/c1-4-17-5-6-23-19(9-17)13-28-25(32-23)31-21-10-18(20-14-29-33(3)15-20)11-22(12-21)37-8-7-27-24(34)16(2)30-26(35)36/h1,5-6,9-16,30H,7-8H2,2-3H3,(H,27,34)(H,35,36)(H,28,31,32). The second-order valence-corrected chi connectivity index (χ2v) is 8.20. The average molecular weight is 500 g/mol. The Morgan fingerprint density at radius 2 is 2.03 bits per heavy atom. The molecule has 0 aliphatic heterocycles. The molecule has 188 valence electrons. The molecule has 2 heterocycles. The van der Waals surface area contributed by atoms with E-state index < -0.39 is 18.0 Å². The van der Waals surface area contributed by atoms with Gasteiger partial charge in [0.2, 0.25) is 11.9 Å². The fourth-order valence-electron chi connectivity index (χ4n) is 3.55. The molecule has 0 radical (unpaired) electrons. The van der Waals surface area contributed by atoms with Crippen molar-refractivity contribution in [3.8, 4) is 29.2 Å². The van der Waals surface area contributed by atoms with E-state index in [1.165, 1.54) is 6.92 Å². The molecule has 4 aromatic rings. The van der Waals surface area contributed by atoms with Gasteiger partial charge in [-0.15, -0.1) is 6.42 Å². The van der Waals surface area contributed by atoms with Crippen LogP contribution in [0.1, 0.15) is 12.5 Å². The molecule has 0 aliphatic rings. The van der Waals surface area contributed by atoms with Crippen LogP contribution in [0.2, 0.25) is 0 Å². The van der Waals surface area contributed by atoms with Gasteiger partial charge in [-0.3, -0.25) is 9.48 Å². The first kappa shape index (κ1) is 25.0. The van der Waals surface area contributed by atoms with Gasteiger partial charge in [0.1, 0.15) is 18.4 Å². The summed E-state index contributed by atoms with van der Waals surface area (Å²) >= 11 is 0. The molecule has 1 atom stereocenters. The number of carbonyl (C=O) groups is 2. The van der Waals surface area contributed by atoms with Crippen molar-refractivity contribution in [3.63, 3.8) is 0 Å². The number of ether oxygens (including phenoxy) is 1. The van der Waals surface area contributed by atoms with Crippen molar-refractivity contribution in [1.29, 1.82) is 0 Å². The predicted molar refractivity (Wildman–Crippen MR) is 139 cm³/mol. The molecule has 0 fully saturated rings. The van der Waals surface area contributed by atoms with Crippen molar-refractivity contribution in [2.45, 2.75) is 13.0 Å². The number of aromatic nitrogens is 4. The van der Waals surface area contributed by atoms with E-state index in [9.17, 15) is 9.59 Å². The Bertz CT molecular complexity index is 1490. The number of nitrogens with zero attached hydrogens (tertiary/aromatic N) is 4. The fourth-order valence-corrected chi connectivity index (χ4v) is 3.55. The van der Waals surface area contributed by atoms with E-state index in [1.807, 2.05) is 43.6 Å². The summed E-state index contributed by atoms with van der Waals surface area (Å²) in [5, 5.41) is 21.8. The van der Waals surface area contributed by atoms with Gasteiger partial charge in [0.15, 0.2) is 0 Å². The molecule has 0 saturated carbocycles. The van der Waals surface area contributed by atoms with Crippen LogP contribution in [0.15, 0.2) is 55.0 Å². The predicted octanol–water partition coefficient (Wildman–Crippen LogP) is 2.91. The molecular formula is C26H25N7O4. The van der Waals surface area contributed by atoms with Crippen molar-refractivity contribution < 1.29 is 19.4 Å². The minimum absolute atomic E-state index is 0.172. The van der Waals surface area contributed by atoms with E-state index in [1.54, 1.807) is 23.1 Å². The number of hydrogen-bond acceptors (Lipinski definition) is 7. The van der Waals surface area contributed by atoms with Crippen molar-refractivity contribution in [1.82, 2.24) is 30.4 Å². The number of hydrogen-bond donors (Lipinski definition) is 4. The van der Waals surface area contributed by atoms with Crippen LogP contribution in [-0.4, -0.2) is 56.0 Å². The Morgan fingerprint density at radius 1 is 1.19 bits per heavy atom. The van der Waals surface area contributed by atoms with Crippen LogP contribution in [-0.2, 0) is 11.8 Å². The van der Waals surface area contributed by atoms with Crippen LogP contribution in [0.4, 0.5) is 16.4 Å². The number of carboxylic acid groups (broad SMARTS) is 1. The SMILES string of the molecule is C#Cc1ccc2nc(Nc3cc(OCCNC(=O)C(C)NC(=O)O)cc(-c4cnn(C)c4)c3)ncc2c1. The number of amides is 2. The van der Waals surface area contributed by atoms with Gasteiger partial charge in [-0.2, -0.15) is 5.10 Å². The first-order valence-corrected chi connectivity index (χ1v) is 11.4. The van der Waals surface area contributed by atoms with Gasteiger partial charge in [0.25, 0.3) is 0 Å². The zero-order valence-corrected chi connectivity index (χ0v) is 20.2. The van der Waals surface area contributed by atoms with Gasteiger partial charge in [0, 0.05) is 47.7 Å². The van der Waals surface area contributed by atoms with Crippen LogP contribution in [0.25, 0.3) is 22.0 Å². The summed E-state index contributed by atoms with van der Waals surface area (Å²) in [5.41, 5.74) is 3.94. The topological polar surface area (TPSA) is 143 Å². The fraction of sp³-hybridized carbons (Fsp3) is 0.192. The van der Waals surface area contributed by atoms with Crippen LogP contribution >= 0.6 is 0 Å². The highest BCUT2D eigenvalue weighted by Crippen LogP contribution is 2.30. The second kappa shape index (κ2) is 11.1. The number of benzene rings is 2. The molecule has 11 nitrogen and oxygen atoms in total. The van der Waals surface area contributed by atoms with Crippen molar-refractivity contribution in [2.75, 3.05) is 18.5 Å². The van der Waals surface area contributed by atoms with Gasteiger partial charge < -0.3 is 25.8 Å². The van der Waals surface area contributed by atoms with E-state index in [0.29, 0.717) is 17.4 Å². The molecule has 11 heteroatoms. The lowest BCUT2D eigenvalue weighted by Gasteiger charge is -2.14. The summed E-state index contributed by atoms with van der Waals surface area (Å²) in [6.45, 7) is 1.83. The Labute approximate surface area is 212 Å². The Hall–Kier alpha value is -5.11. The number of anilines is 2. The highest BCUT2D eigenvalue weighted by atomic mass is 16.5. The Balaban J connectivity index is 1.50. The third-order valence-corrected chi connectivity index (χ3v) is 5.35. The van der Waals surface area contributed by atoms with Gasteiger partial charge in [-0.1, -0.05) is 5.92 Å². The molecule has 0 aliphatic carbocycles.